The van der Waals surface area contributed by atoms with Crippen molar-refractivity contribution in [2.75, 3.05) is 24.2 Å². The lowest BCUT2D eigenvalue weighted by atomic mass is 10.0. The summed E-state index contributed by atoms with van der Waals surface area (Å²) in [6.07, 6.45) is 2.04. The number of ether oxygens (including phenoxy) is 1. The molecule has 10 heteroatoms. The van der Waals surface area contributed by atoms with Gasteiger partial charge in [0.15, 0.2) is 0 Å². The summed E-state index contributed by atoms with van der Waals surface area (Å²) >= 11 is 3.44. The van der Waals surface area contributed by atoms with Gasteiger partial charge in [-0.25, -0.2) is 8.42 Å². The third-order valence-corrected chi connectivity index (χ3v) is 8.48. The van der Waals surface area contributed by atoms with Crippen molar-refractivity contribution >= 4 is 43.5 Å². The summed E-state index contributed by atoms with van der Waals surface area (Å²) in [5.74, 6) is -0.488. The van der Waals surface area contributed by atoms with Gasteiger partial charge in [-0.2, -0.15) is 0 Å². The van der Waals surface area contributed by atoms with Gasteiger partial charge in [-0.15, -0.1) is 0 Å². The first-order valence-electron chi connectivity index (χ1n) is 13.4. The molecule has 0 saturated heterocycles. The first-order valence-corrected chi connectivity index (χ1v) is 16.1. The number of halogens is 1. The molecule has 0 bridgehead atoms. The second-order valence-electron chi connectivity index (χ2n) is 10.1. The van der Waals surface area contributed by atoms with Crippen molar-refractivity contribution in [2.45, 2.75) is 52.2 Å². The van der Waals surface area contributed by atoms with Gasteiger partial charge in [0.1, 0.15) is 18.3 Å². The molecule has 0 aliphatic carbocycles. The topological polar surface area (TPSA) is 96.0 Å². The van der Waals surface area contributed by atoms with Crippen molar-refractivity contribution < 1.29 is 22.7 Å². The van der Waals surface area contributed by atoms with E-state index < -0.39 is 28.5 Å². The van der Waals surface area contributed by atoms with Gasteiger partial charge in [-0.3, -0.25) is 13.9 Å². The van der Waals surface area contributed by atoms with Crippen LogP contribution in [0.15, 0.2) is 77.3 Å². The van der Waals surface area contributed by atoms with E-state index in [9.17, 15) is 18.0 Å². The maximum absolute atomic E-state index is 14.2. The molecule has 0 heterocycles. The van der Waals surface area contributed by atoms with Crippen molar-refractivity contribution in [2.24, 2.45) is 0 Å². The third-order valence-electron chi connectivity index (χ3n) is 6.82. The minimum Gasteiger partial charge on any atom is -0.495 e. The number of hydrogen-bond donors (Lipinski definition) is 1. The zero-order valence-electron chi connectivity index (χ0n) is 24.1. The van der Waals surface area contributed by atoms with Crippen molar-refractivity contribution in [1.82, 2.24) is 10.2 Å². The van der Waals surface area contributed by atoms with Crippen LogP contribution in [-0.4, -0.2) is 57.1 Å². The van der Waals surface area contributed by atoms with Gasteiger partial charge in [-0.05, 0) is 61.2 Å². The van der Waals surface area contributed by atoms with Crippen LogP contribution < -0.4 is 14.4 Å². The lowest BCUT2D eigenvalue weighted by molar-refractivity contribution is -0.140. The highest BCUT2D eigenvalue weighted by Crippen LogP contribution is 2.31. The predicted octanol–water partition coefficient (Wildman–Crippen LogP) is 5.09. The predicted molar refractivity (Wildman–Crippen MR) is 166 cm³/mol. The van der Waals surface area contributed by atoms with Gasteiger partial charge in [0.2, 0.25) is 21.8 Å². The van der Waals surface area contributed by atoms with E-state index in [1.165, 1.54) is 12.0 Å². The highest BCUT2D eigenvalue weighted by molar-refractivity contribution is 9.10. The van der Waals surface area contributed by atoms with Gasteiger partial charge in [0.05, 0.1) is 19.1 Å². The highest BCUT2D eigenvalue weighted by Gasteiger charge is 2.34. The number of nitrogens with one attached hydrogen (secondary N) is 1. The fourth-order valence-electron chi connectivity index (χ4n) is 4.37. The number of nitrogens with zero attached hydrogens (tertiary/aromatic N) is 2. The molecule has 220 valence electrons. The Morgan fingerprint density at radius 1 is 1.00 bits per heavy atom. The van der Waals surface area contributed by atoms with Crippen LogP contribution in [0.2, 0.25) is 0 Å². The molecule has 3 aromatic carbocycles. The lowest BCUT2D eigenvalue weighted by Gasteiger charge is -2.34. The van der Waals surface area contributed by atoms with E-state index in [1.807, 2.05) is 75.4 Å². The van der Waals surface area contributed by atoms with Crippen LogP contribution in [0.5, 0.6) is 5.75 Å². The molecule has 1 N–H and O–H groups in total. The Balaban J connectivity index is 2.10. The molecule has 0 saturated carbocycles. The summed E-state index contributed by atoms with van der Waals surface area (Å²) in [6, 6.07) is 21.1. The van der Waals surface area contributed by atoms with Crippen LogP contribution >= 0.6 is 15.9 Å². The van der Waals surface area contributed by atoms with Crippen molar-refractivity contribution in [1.29, 1.82) is 0 Å². The van der Waals surface area contributed by atoms with Crippen molar-refractivity contribution in [3.05, 3.63) is 94.0 Å². The second kappa shape index (κ2) is 14.5. The van der Waals surface area contributed by atoms with E-state index in [0.29, 0.717) is 5.75 Å². The number of rotatable bonds is 13. The standard InChI is InChI=1S/C31H38BrN3O5S/c1-6-23(3)33-31(37)28(19-24-10-8-7-9-11-24)34(20-25-13-15-26(32)16-14-25)30(36)21-35(41(5,38)39)27-18-22(2)12-17-29(27)40-4/h7-18,23,28H,6,19-21H2,1-5H3,(H,33,37)/t23-,28+/m0/s1. The number of carbonyl (C=O) groups is 2. The second-order valence-corrected chi connectivity index (χ2v) is 12.9. The van der Waals surface area contributed by atoms with E-state index >= 15 is 0 Å². The maximum Gasteiger partial charge on any atom is 0.244 e. The van der Waals surface area contributed by atoms with Crippen LogP contribution in [0.3, 0.4) is 0 Å². The average molecular weight is 645 g/mol. The number of aryl methyl sites for hydroxylation is 1. The molecule has 0 aliphatic heterocycles. The Morgan fingerprint density at radius 3 is 2.24 bits per heavy atom. The largest absolute Gasteiger partial charge is 0.495 e. The van der Waals surface area contributed by atoms with E-state index in [0.717, 1.165) is 38.1 Å². The summed E-state index contributed by atoms with van der Waals surface area (Å²) in [7, 11) is -2.45. The highest BCUT2D eigenvalue weighted by atomic mass is 79.9. The summed E-state index contributed by atoms with van der Waals surface area (Å²) in [4.78, 5) is 29.4. The van der Waals surface area contributed by atoms with Gasteiger partial charge in [0.25, 0.3) is 0 Å². The van der Waals surface area contributed by atoms with Crippen LogP contribution in [0, 0.1) is 6.92 Å². The Hall–Kier alpha value is -3.37. The van der Waals surface area contributed by atoms with E-state index in [-0.39, 0.29) is 30.6 Å². The number of methoxy groups -OCH3 is 1. The van der Waals surface area contributed by atoms with E-state index in [4.69, 9.17) is 4.74 Å². The number of anilines is 1. The molecule has 0 aromatic heterocycles. The molecular formula is C31H38BrN3O5S. The summed E-state index contributed by atoms with van der Waals surface area (Å²) in [5, 5.41) is 3.03. The van der Waals surface area contributed by atoms with Crippen molar-refractivity contribution in [3.8, 4) is 5.75 Å². The lowest BCUT2D eigenvalue weighted by Crippen LogP contribution is -2.54. The number of carbonyl (C=O) groups excluding carboxylic acids is 2. The Labute approximate surface area is 251 Å². The smallest absolute Gasteiger partial charge is 0.244 e. The number of amides is 2. The fraction of sp³-hybridized carbons (Fsp3) is 0.355. The molecule has 8 nitrogen and oxygen atoms in total. The molecule has 2 atom stereocenters. The SMILES string of the molecule is CC[C@H](C)NC(=O)[C@@H](Cc1ccccc1)N(Cc1ccc(Br)cc1)C(=O)CN(c1cc(C)ccc1OC)S(C)(=O)=O. The zero-order chi connectivity index (χ0) is 30.2. The number of sulfonamides is 1. The molecule has 0 radical (unpaired) electrons. The van der Waals surface area contributed by atoms with Gasteiger partial charge < -0.3 is 15.0 Å². The minimum atomic E-state index is -3.90. The van der Waals surface area contributed by atoms with Crippen LogP contribution in [0.25, 0.3) is 0 Å². The van der Waals surface area contributed by atoms with Crippen LogP contribution in [0.4, 0.5) is 5.69 Å². The maximum atomic E-state index is 14.2. The fourth-order valence-corrected chi connectivity index (χ4v) is 5.48. The molecule has 0 unspecified atom stereocenters. The Kier molecular flexibility index (Phi) is 11.4. The summed E-state index contributed by atoms with van der Waals surface area (Å²) in [5.41, 5.74) is 2.75. The molecule has 0 fully saturated rings. The van der Waals surface area contributed by atoms with Crippen LogP contribution in [0.1, 0.15) is 37.0 Å². The zero-order valence-corrected chi connectivity index (χ0v) is 26.5. The molecule has 41 heavy (non-hydrogen) atoms. The molecule has 0 spiro atoms. The van der Waals surface area contributed by atoms with Gasteiger partial charge in [-0.1, -0.05) is 71.4 Å². The molecule has 0 aliphatic rings. The van der Waals surface area contributed by atoms with Crippen LogP contribution in [-0.2, 0) is 32.6 Å². The molecule has 3 aromatic rings. The monoisotopic (exact) mass is 643 g/mol. The molecular weight excluding hydrogens is 606 g/mol. The summed E-state index contributed by atoms with van der Waals surface area (Å²) in [6.45, 7) is 5.33. The quantitative estimate of drug-likeness (QED) is 0.280. The normalized spacial score (nSPS) is 12.7. The van der Waals surface area contributed by atoms with E-state index in [1.54, 1.807) is 18.2 Å². The molecule has 2 amide bonds. The third kappa shape index (κ3) is 9.06. The van der Waals surface area contributed by atoms with Gasteiger partial charge >= 0.3 is 0 Å². The van der Waals surface area contributed by atoms with Crippen molar-refractivity contribution in [3.63, 3.8) is 0 Å². The Bertz CT molecular complexity index is 1430. The first kappa shape index (κ1) is 32.1. The molecule has 3 rings (SSSR count). The Morgan fingerprint density at radius 2 is 1.66 bits per heavy atom. The van der Waals surface area contributed by atoms with Gasteiger partial charge in [0, 0.05) is 23.5 Å². The number of hydrogen-bond acceptors (Lipinski definition) is 5. The first-order chi connectivity index (χ1) is 19.4. The van der Waals surface area contributed by atoms with E-state index in [2.05, 4.69) is 21.2 Å². The summed E-state index contributed by atoms with van der Waals surface area (Å²) < 4.78 is 33.5. The number of benzene rings is 3. The minimum absolute atomic E-state index is 0.102. The average Bonchev–Trinajstić information content (AvgIpc) is 2.94.